The number of fused-ring (bicyclic) bond motifs is 1. The number of hydrogen-bond acceptors (Lipinski definition) is 3. The lowest BCUT2D eigenvalue weighted by Gasteiger charge is -2.31. The van der Waals surface area contributed by atoms with E-state index in [1.165, 1.54) is 6.07 Å². The lowest BCUT2D eigenvalue weighted by Crippen LogP contribution is -2.55. The zero-order valence-electron chi connectivity index (χ0n) is 10.8. The Labute approximate surface area is 124 Å². The number of aromatic nitrogens is 1. The Hall–Kier alpha value is -1.84. The minimum absolute atomic E-state index is 0.199. The fraction of sp³-hybridized carbons (Fsp3) is 0.333. The molecule has 0 atom stereocenters. The first-order valence-corrected chi connectivity index (χ1v) is 6.59. The summed E-state index contributed by atoms with van der Waals surface area (Å²) >= 11 is 0.785. The third kappa shape index (κ3) is 2.62. The number of carbonyl (C=O) groups excluding carboxylic acids is 1. The van der Waals surface area contributed by atoms with Gasteiger partial charge in [0.25, 0.3) is 5.91 Å². The number of para-hydroxylation sites is 1. The molecule has 3 nitrogen and oxygen atoms in total. The van der Waals surface area contributed by atoms with Crippen molar-refractivity contribution < 1.29 is 31.1 Å². The lowest BCUT2D eigenvalue weighted by atomic mass is 9.88. The maximum atomic E-state index is 12.8. The van der Waals surface area contributed by atoms with Crippen molar-refractivity contribution in [3.05, 3.63) is 24.3 Å². The molecule has 0 saturated carbocycles. The molecule has 0 bridgehead atoms. The van der Waals surface area contributed by atoms with E-state index >= 15 is 0 Å². The van der Waals surface area contributed by atoms with Gasteiger partial charge in [-0.15, -0.1) is 0 Å². The average molecular weight is 342 g/mol. The topological polar surface area (TPSA) is 42.0 Å². The predicted octanol–water partition coefficient (Wildman–Crippen LogP) is 4.37. The zero-order chi connectivity index (χ0) is 16.8. The first-order valence-electron chi connectivity index (χ1n) is 5.77. The number of thiazole rings is 1. The standard InChI is InChI=1S/C12H8F6N2OS/c1-10(11(13,14)15,12(16,17)18)8(21)20-9-19-6-4-2-3-5-7(6)22-9/h2-5H,1H3,(H,19,20,21). The van der Waals surface area contributed by atoms with Gasteiger partial charge in [-0.3, -0.25) is 4.79 Å². The van der Waals surface area contributed by atoms with Gasteiger partial charge >= 0.3 is 12.4 Å². The Morgan fingerprint density at radius 3 is 2.14 bits per heavy atom. The molecule has 1 amide bonds. The molecule has 2 rings (SSSR count). The van der Waals surface area contributed by atoms with E-state index < -0.39 is 23.7 Å². The number of nitrogens with zero attached hydrogens (tertiary/aromatic N) is 1. The van der Waals surface area contributed by atoms with E-state index in [0.717, 1.165) is 11.3 Å². The van der Waals surface area contributed by atoms with Crippen LogP contribution >= 0.6 is 11.3 Å². The summed E-state index contributed by atoms with van der Waals surface area (Å²) in [7, 11) is 0. The molecule has 0 aliphatic heterocycles. The summed E-state index contributed by atoms with van der Waals surface area (Å²) in [4.78, 5) is 15.4. The van der Waals surface area contributed by atoms with Gasteiger partial charge in [-0.05, 0) is 19.1 Å². The Balaban J connectivity index is 2.36. The lowest BCUT2D eigenvalue weighted by molar-refractivity contribution is -0.317. The van der Waals surface area contributed by atoms with Gasteiger partial charge < -0.3 is 5.32 Å². The number of alkyl halides is 6. The molecule has 2 aromatic rings. The van der Waals surface area contributed by atoms with Crippen LogP contribution in [0.2, 0.25) is 0 Å². The second kappa shape index (κ2) is 5.11. The third-order valence-electron chi connectivity index (χ3n) is 3.10. The van der Waals surface area contributed by atoms with Crippen LogP contribution in [0.5, 0.6) is 0 Å². The zero-order valence-corrected chi connectivity index (χ0v) is 11.7. The fourth-order valence-corrected chi connectivity index (χ4v) is 2.43. The molecule has 0 aliphatic rings. The van der Waals surface area contributed by atoms with Crippen molar-refractivity contribution in [2.24, 2.45) is 5.41 Å². The van der Waals surface area contributed by atoms with E-state index in [-0.39, 0.29) is 12.1 Å². The summed E-state index contributed by atoms with van der Waals surface area (Å²) in [5.41, 5.74) is -4.15. The minimum atomic E-state index is -5.79. The van der Waals surface area contributed by atoms with Crippen LogP contribution in [0.25, 0.3) is 10.2 Å². The molecule has 0 fully saturated rings. The van der Waals surface area contributed by atoms with Crippen LogP contribution in [-0.4, -0.2) is 23.2 Å². The van der Waals surface area contributed by atoms with Crippen molar-refractivity contribution in [1.82, 2.24) is 4.98 Å². The first-order chi connectivity index (χ1) is 9.97. The molecule has 0 aliphatic carbocycles. The van der Waals surface area contributed by atoms with Crippen molar-refractivity contribution in [1.29, 1.82) is 0 Å². The second-order valence-corrected chi connectivity index (χ2v) is 5.59. The summed E-state index contributed by atoms with van der Waals surface area (Å²) in [6.07, 6.45) is -11.6. The SMILES string of the molecule is CC(C(=O)Nc1nc2ccccc2s1)(C(F)(F)F)C(F)(F)F. The van der Waals surface area contributed by atoms with Crippen LogP contribution < -0.4 is 5.32 Å². The van der Waals surface area contributed by atoms with E-state index in [1.54, 1.807) is 23.5 Å². The second-order valence-electron chi connectivity index (χ2n) is 4.56. The summed E-state index contributed by atoms with van der Waals surface area (Å²) in [5.74, 6) is -2.22. The van der Waals surface area contributed by atoms with Gasteiger partial charge in [-0.25, -0.2) is 4.98 Å². The van der Waals surface area contributed by atoms with Crippen LogP contribution in [0.3, 0.4) is 0 Å². The fourth-order valence-electron chi connectivity index (χ4n) is 1.57. The van der Waals surface area contributed by atoms with E-state index in [2.05, 4.69) is 4.98 Å². The predicted molar refractivity (Wildman–Crippen MR) is 68.5 cm³/mol. The third-order valence-corrected chi connectivity index (χ3v) is 4.05. The highest BCUT2D eigenvalue weighted by Crippen LogP contribution is 2.50. The van der Waals surface area contributed by atoms with Gasteiger partial charge in [0.1, 0.15) is 0 Å². The van der Waals surface area contributed by atoms with Crippen LogP contribution in [0.1, 0.15) is 6.92 Å². The summed E-state index contributed by atoms with van der Waals surface area (Å²) in [5, 5.41) is 1.29. The van der Waals surface area contributed by atoms with Gasteiger partial charge in [0.2, 0.25) is 5.41 Å². The Morgan fingerprint density at radius 1 is 1.09 bits per heavy atom. The molecule has 120 valence electrons. The molecular formula is C12H8F6N2OS. The Bertz CT molecular complexity index is 658. The highest BCUT2D eigenvalue weighted by atomic mass is 32.1. The Kier molecular flexibility index (Phi) is 3.84. The van der Waals surface area contributed by atoms with Crippen LogP contribution in [-0.2, 0) is 4.79 Å². The smallest absolute Gasteiger partial charge is 0.301 e. The average Bonchev–Trinajstić information content (AvgIpc) is 2.76. The monoisotopic (exact) mass is 342 g/mol. The number of carbonyl (C=O) groups is 1. The van der Waals surface area contributed by atoms with E-state index in [1.807, 2.05) is 0 Å². The van der Waals surface area contributed by atoms with E-state index in [9.17, 15) is 31.1 Å². The van der Waals surface area contributed by atoms with Gasteiger partial charge in [0, 0.05) is 0 Å². The molecule has 1 N–H and O–H groups in total. The Morgan fingerprint density at radius 2 is 1.64 bits per heavy atom. The summed E-state index contributed by atoms with van der Waals surface area (Å²) < 4.78 is 77.1. The van der Waals surface area contributed by atoms with Gasteiger partial charge in [0.15, 0.2) is 5.13 Å². The molecule has 10 heteroatoms. The van der Waals surface area contributed by atoms with E-state index in [0.29, 0.717) is 10.2 Å². The van der Waals surface area contributed by atoms with Gasteiger partial charge in [-0.2, -0.15) is 26.3 Å². The molecule has 22 heavy (non-hydrogen) atoms. The molecule has 0 spiro atoms. The molecule has 1 aromatic carbocycles. The first kappa shape index (κ1) is 16.5. The molecule has 1 aromatic heterocycles. The van der Waals surface area contributed by atoms with Crippen molar-refractivity contribution in [2.75, 3.05) is 5.32 Å². The molecular weight excluding hydrogens is 334 g/mol. The summed E-state index contributed by atoms with van der Waals surface area (Å²) in [6, 6.07) is 6.33. The minimum Gasteiger partial charge on any atom is -0.301 e. The highest BCUT2D eigenvalue weighted by Gasteiger charge is 2.72. The quantitative estimate of drug-likeness (QED) is 0.824. The molecule has 0 saturated heterocycles. The number of rotatable bonds is 2. The normalized spacial score (nSPS) is 13.4. The highest BCUT2D eigenvalue weighted by molar-refractivity contribution is 7.22. The van der Waals surface area contributed by atoms with Crippen LogP contribution in [0.4, 0.5) is 31.5 Å². The summed E-state index contributed by atoms with van der Waals surface area (Å²) in [6.45, 7) is -0.199. The van der Waals surface area contributed by atoms with Gasteiger partial charge in [0.05, 0.1) is 10.2 Å². The van der Waals surface area contributed by atoms with Crippen molar-refractivity contribution in [2.45, 2.75) is 19.3 Å². The number of nitrogens with one attached hydrogen (secondary N) is 1. The van der Waals surface area contributed by atoms with Gasteiger partial charge in [-0.1, -0.05) is 23.5 Å². The van der Waals surface area contributed by atoms with Crippen molar-refractivity contribution in [3.63, 3.8) is 0 Å². The van der Waals surface area contributed by atoms with Crippen molar-refractivity contribution in [3.8, 4) is 0 Å². The van der Waals surface area contributed by atoms with Crippen molar-refractivity contribution >= 4 is 32.6 Å². The number of hydrogen-bond donors (Lipinski definition) is 1. The molecule has 0 radical (unpaired) electrons. The molecule has 1 heterocycles. The maximum absolute atomic E-state index is 12.8. The van der Waals surface area contributed by atoms with Crippen LogP contribution in [0.15, 0.2) is 24.3 Å². The maximum Gasteiger partial charge on any atom is 0.411 e. The number of halogens is 6. The largest absolute Gasteiger partial charge is 0.411 e. The number of amides is 1. The number of benzene rings is 1. The molecule has 0 unspecified atom stereocenters. The number of anilines is 1. The van der Waals surface area contributed by atoms with E-state index in [4.69, 9.17) is 0 Å². The van der Waals surface area contributed by atoms with Crippen LogP contribution in [0, 0.1) is 5.41 Å².